The van der Waals surface area contributed by atoms with Crippen LogP contribution in [0.1, 0.15) is 6.92 Å². The van der Waals surface area contributed by atoms with Crippen molar-refractivity contribution < 1.29 is 4.74 Å². The molecule has 1 aliphatic heterocycles. The molecule has 0 amide bonds. The first kappa shape index (κ1) is 18.4. The predicted molar refractivity (Wildman–Crippen MR) is 109 cm³/mol. The first-order valence-electron chi connectivity index (χ1n) is 8.90. The molecule has 0 N–H and O–H groups in total. The van der Waals surface area contributed by atoms with Crippen molar-refractivity contribution >= 4 is 34.4 Å². The quantitative estimate of drug-likeness (QED) is 0.627. The molecule has 8 nitrogen and oxygen atoms in total. The number of allylic oxidation sites excluding steroid dienone is 2. The molecule has 3 heterocycles. The molecule has 3 aromatic rings. The number of nitrogens with zero attached hydrogens (tertiary/aromatic N) is 5. The minimum absolute atomic E-state index is 0.232. The van der Waals surface area contributed by atoms with Gasteiger partial charge >= 0.3 is 5.69 Å². The van der Waals surface area contributed by atoms with Crippen LogP contribution in [0, 0.1) is 0 Å². The SMILES string of the molecule is C/C=C/Cn1c(=O)c2c(nc3n2CCN3c2ccc(OC)c(Cl)c2)n(C)c1=O. The fraction of sp³-hybridized carbons (Fsp3) is 0.316. The second kappa shape index (κ2) is 6.87. The number of aromatic nitrogens is 4. The molecule has 0 fully saturated rings. The summed E-state index contributed by atoms with van der Waals surface area (Å²) in [5.74, 6) is 1.21. The van der Waals surface area contributed by atoms with E-state index in [1.807, 2.05) is 28.5 Å². The maximum atomic E-state index is 13.0. The van der Waals surface area contributed by atoms with Crippen molar-refractivity contribution in [3.8, 4) is 5.75 Å². The number of benzene rings is 1. The van der Waals surface area contributed by atoms with E-state index in [1.165, 1.54) is 9.13 Å². The zero-order valence-electron chi connectivity index (χ0n) is 15.8. The molecule has 28 heavy (non-hydrogen) atoms. The average Bonchev–Trinajstić information content (AvgIpc) is 3.25. The van der Waals surface area contributed by atoms with Gasteiger partial charge in [-0.2, -0.15) is 4.98 Å². The summed E-state index contributed by atoms with van der Waals surface area (Å²) in [4.78, 5) is 32.2. The second-order valence-corrected chi connectivity index (χ2v) is 6.94. The van der Waals surface area contributed by atoms with E-state index >= 15 is 0 Å². The van der Waals surface area contributed by atoms with Gasteiger partial charge in [-0.25, -0.2) is 4.79 Å². The van der Waals surface area contributed by atoms with Crippen LogP contribution in [-0.2, 0) is 20.1 Å². The molecule has 0 saturated heterocycles. The van der Waals surface area contributed by atoms with Crippen LogP contribution in [0.2, 0.25) is 5.02 Å². The third-order valence-electron chi connectivity index (χ3n) is 4.97. The van der Waals surface area contributed by atoms with Crippen molar-refractivity contribution in [1.29, 1.82) is 0 Å². The van der Waals surface area contributed by atoms with Gasteiger partial charge in [0.15, 0.2) is 11.2 Å². The molecule has 0 bridgehead atoms. The Morgan fingerprint density at radius 1 is 1.29 bits per heavy atom. The lowest BCUT2D eigenvalue weighted by Gasteiger charge is -2.17. The fourth-order valence-corrected chi connectivity index (χ4v) is 3.77. The number of fused-ring (bicyclic) bond motifs is 3. The van der Waals surface area contributed by atoms with Gasteiger partial charge < -0.3 is 14.2 Å². The first-order valence-corrected chi connectivity index (χ1v) is 9.28. The summed E-state index contributed by atoms with van der Waals surface area (Å²) in [5, 5.41) is 0.496. The zero-order valence-corrected chi connectivity index (χ0v) is 16.6. The lowest BCUT2D eigenvalue weighted by molar-refractivity contribution is 0.415. The second-order valence-electron chi connectivity index (χ2n) is 6.53. The van der Waals surface area contributed by atoms with Gasteiger partial charge in [-0.3, -0.25) is 13.9 Å². The Kier molecular flexibility index (Phi) is 4.50. The number of anilines is 2. The van der Waals surface area contributed by atoms with Gasteiger partial charge in [0.2, 0.25) is 5.95 Å². The minimum Gasteiger partial charge on any atom is -0.495 e. The van der Waals surface area contributed by atoms with Gasteiger partial charge in [-0.15, -0.1) is 0 Å². The molecule has 9 heteroatoms. The highest BCUT2D eigenvalue weighted by Crippen LogP contribution is 2.35. The third-order valence-corrected chi connectivity index (χ3v) is 5.27. The maximum Gasteiger partial charge on any atom is 0.332 e. The van der Waals surface area contributed by atoms with E-state index in [-0.39, 0.29) is 17.8 Å². The summed E-state index contributed by atoms with van der Waals surface area (Å²) < 4.78 is 9.72. The Hall–Kier alpha value is -3.00. The maximum absolute atomic E-state index is 13.0. The lowest BCUT2D eigenvalue weighted by Crippen LogP contribution is -2.39. The van der Waals surface area contributed by atoms with Crippen LogP contribution in [0.4, 0.5) is 11.6 Å². The monoisotopic (exact) mass is 401 g/mol. The van der Waals surface area contributed by atoms with E-state index in [0.29, 0.717) is 41.0 Å². The van der Waals surface area contributed by atoms with Gasteiger partial charge in [0.05, 0.1) is 12.1 Å². The van der Waals surface area contributed by atoms with Crippen molar-refractivity contribution in [2.45, 2.75) is 20.0 Å². The van der Waals surface area contributed by atoms with Gasteiger partial charge in [0, 0.05) is 32.4 Å². The van der Waals surface area contributed by atoms with E-state index < -0.39 is 0 Å². The summed E-state index contributed by atoms with van der Waals surface area (Å²) in [5.41, 5.74) is 0.949. The molecule has 1 aromatic carbocycles. The van der Waals surface area contributed by atoms with Crippen LogP contribution in [0.5, 0.6) is 5.75 Å². The van der Waals surface area contributed by atoms with Crippen molar-refractivity contribution in [2.24, 2.45) is 7.05 Å². The molecule has 146 valence electrons. The van der Waals surface area contributed by atoms with E-state index in [4.69, 9.17) is 16.3 Å². The summed E-state index contributed by atoms with van der Waals surface area (Å²) in [7, 11) is 3.20. The number of ether oxygens (including phenoxy) is 1. The predicted octanol–water partition coefficient (Wildman–Crippen LogP) is 2.29. The molecular formula is C19H20ClN5O3. The Bertz CT molecular complexity index is 1220. The smallest absolute Gasteiger partial charge is 0.332 e. The number of hydrogen-bond acceptors (Lipinski definition) is 5. The van der Waals surface area contributed by atoms with Gasteiger partial charge in [0.1, 0.15) is 5.75 Å². The summed E-state index contributed by atoms with van der Waals surface area (Å²) in [6, 6.07) is 5.49. The van der Waals surface area contributed by atoms with Crippen molar-refractivity contribution in [2.75, 3.05) is 18.6 Å². The summed E-state index contributed by atoms with van der Waals surface area (Å²) in [6.07, 6.45) is 3.59. The molecule has 0 spiro atoms. The highest BCUT2D eigenvalue weighted by molar-refractivity contribution is 6.32. The summed E-state index contributed by atoms with van der Waals surface area (Å²) in [6.45, 7) is 3.32. The largest absolute Gasteiger partial charge is 0.495 e. The van der Waals surface area contributed by atoms with Crippen molar-refractivity contribution in [3.63, 3.8) is 0 Å². The Morgan fingerprint density at radius 2 is 2.07 bits per heavy atom. The third kappa shape index (κ3) is 2.63. The van der Waals surface area contributed by atoms with Gasteiger partial charge in [-0.05, 0) is 25.1 Å². The summed E-state index contributed by atoms with van der Waals surface area (Å²) >= 11 is 6.27. The average molecular weight is 402 g/mol. The molecule has 1 aliphatic rings. The molecule has 4 rings (SSSR count). The zero-order chi connectivity index (χ0) is 20.0. The van der Waals surface area contributed by atoms with E-state index in [9.17, 15) is 9.59 Å². The molecule has 2 aromatic heterocycles. The Balaban J connectivity index is 1.90. The number of halogens is 1. The Morgan fingerprint density at radius 3 is 2.75 bits per heavy atom. The normalized spacial score (nSPS) is 13.6. The van der Waals surface area contributed by atoms with Crippen LogP contribution < -0.4 is 20.9 Å². The molecule has 0 aliphatic carbocycles. The van der Waals surface area contributed by atoms with Gasteiger partial charge in [0.25, 0.3) is 5.56 Å². The van der Waals surface area contributed by atoms with Crippen LogP contribution in [0.3, 0.4) is 0 Å². The molecule has 0 saturated carbocycles. The van der Waals surface area contributed by atoms with Crippen molar-refractivity contribution in [3.05, 3.63) is 56.2 Å². The minimum atomic E-state index is -0.383. The van der Waals surface area contributed by atoms with Crippen LogP contribution >= 0.6 is 11.6 Å². The number of aryl methyl sites for hydroxylation is 1. The van der Waals surface area contributed by atoms with E-state index in [2.05, 4.69) is 4.98 Å². The van der Waals surface area contributed by atoms with E-state index in [1.54, 1.807) is 32.4 Å². The number of hydrogen-bond donors (Lipinski definition) is 0. The first-order chi connectivity index (χ1) is 13.5. The molecule has 0 unspecified atom stereocenters. The highest BCUT2D eigenvalue weighted by atomic mass is 35.5. The highest BCUT2D eigenvalue weighted by Gasteiger charge is 2.28. The van der Waals surface area contributed by atoms with Crippen LogP contribution in [0.15, 0.2) is 39.9 Å². The molecular weight excluding hydrogens is 382 g/mol. The van der Waals surface area contributed by atoms with Crippen LogP contribution in [-0.4, -0.2) is 32.3 Å². The molecule has 0 radical (unpaired) electrons. The number of imidazole rings is 1. The van der Waals surface area contributed by atoms with Crippen LogP contribution in [0.25, 0.3) is 11.2 Å². The lowest BCUT2D eigenvalue weighted by atomic mass is 10.3. The number of methoxy groups -OCH3 is 1. The fourth-order valence-electron chi connectivity index (χ4n) is 3.52. The van der Waals surface area contributed by atoms with Gasteiger partial charge in [-0.1, -0.05) is 23.8 Å². The van der Waals surface area contributed by atoms with Crippen molar-refractivity contribution in [1.82, 2.24) is 18.7 Å². The standard InChI is InChI=1S/C19H20ClN5O3/c1-4-5-8-25-17(26)15-16(22(2)19(25)27)21-18-23(9-10-24(15)18)12-6-7-14(28-3)13(20)11-12/h4-7,11H,8-10H2,1-3H3/b5-4+. The Labute approximate surface area is 165 Å². The van der Waals surface area contributed by atoms with E-state index in [0.717, 1.165) is 5.69 Å². The molecule has 0 atom stereocenters. The number of rotatable bonds is 4. The topological polar surface area (TPSA) is 74.3 Å².